The molecule has 0 aromatic heterocycles. The van der Waals surface area contributed by atoms with E-state index in [1.165, 1.54) is 47.0 Å². The average Bonchev–Trinajstić information content (AvgIpc) is 2.94. The lowest BCUT2D eigenvalue weighted by Gasteiger charge is -2.45. The second kappa shape index (κ2) is 10.0. The Hall–Kier alpha value is -2.85. The molecule has 2 atom stereocenters. The number of carbonyl (C=O) groups excluding carboxylic acids is 1. The van der Waals surface area contributed by atoms with Gasteiger partial charge in [-0.25, -0.2) is 0 Å². The lowest BCUT2D eigenvalue weighted by molar-refractivity contribution is -0.130. The molecule has 3 aliphatic rings. The summed E-state index contributed by atoms with van der Waals surface area (Å²) in [4.78, 5) is 19.1. The van der Waals surface area contributed by atoms with Gasteiger partial charge in [0.15, 0.2) is 5.78 Å². The van der Waals surface area contributed by atoms with Gasteiger partial charge in [0.05, 0.1) is 6.04 Å². The van der Waals surface area contributed by atoms with Crippen LogP contribution in [0, 0.1) is 5.92 Å². The van der Waals surface area contributed by atoms with Gasteiger partial charge in [0, 0.05) is 54.9 Å². The van der Waals surface area contributed by atoms with E-state index in [9.17, 15) is 4.79 Å². The molecule has 4 nitrogen and oxygen atoms in total. The predicted octanol–water partition coefficient (Wildman–Crippen LogP) is 5.91. The molecule has 35 heavy (non-hydrogen) atoms. The molecule has 1 N–H and O–H groups in total. The summed E-state index contributed by atoms with van der Waals surface area (Å²) in [7, 11) is 0. The highest BCUT2D eigenvalue weighted by Gasteiger charge is 2.40. The number of benzene rings is 3. The quantitative estimate of drug-likeness (QED) is 0.506. The van der Waals surface area contributed by atoms with Gasteiger partial charge < -0.3 is 10.2 Å². The standard InChI is InChI=1S/C31H37N3O/c35-31(25-11-2-1-3-12-25)30(28-18-17-24-10-5-7-15-27(24)32-28)34-21-19-33(20-22-34)29-16-8-13-23-9-4-6-14-26(23)29/h4-10,13-16,25,28,30,32H,1-3,11-12,17-22H2. The Morgan fingerprint density at radius 3 is 2.40 bits per heavy atom. The first kappa shape index (κ1) is 22.6. The van der Waals surface area contributed by atoms with Gasteiger partial charge in [-0.1, -0.05) is 73.9 Å². The molecule has 2 heterocycles. The average molecular weight is 468 g/mol. The number of hydrogen-bond acceptors (Lipinski definition) is 4. The molecule has 6 rings (SSSR count). The molecule has 0 spiro atoms. The third-order valence-electron chi connectivity index (χ3n) is 8.58. The number of para-hydroxylation sites is 1. The van der Waals surface area contributed by atoms with Crippen LogP contribution in [0.1, 0.15) is 44.1 Å². The number of Topliss-reactive ketones (excluding diaryl/α,β-unsaturated/α-hetero) is 1. The molecule has 2 unspecified atom stereocenters. The number of hydrogen-bond donors (Lipinski definition) is 1. The maximum absolute atomic E-state index is 14.0. The van der Waals surface area contributed by atoms with Crippen LogP contribution in [0.4, 0.5) is 11.4 Å². The highest BCUT2D eigenvalue weighted by atomic mass is 16.1. The molecule has 0 radical (unpaired) electrons. The minimum Gasteiger partial charge on any atom is -0.380 e. The summed E-state index contributed by atoms with van der Waals surface area (Å²) in [5.74, 6) is 0.740. The molecule has 2 fully saturated rings. The van der Waals surface area contributed by atoms with Crippen molar-refractivity contribution in [2.24, 2.45) is 5.92 Å². The van der Waals surface area contributed by atoms with Crippen LogP contribution in [0.2, 0.25) is 0 Å². The molecule has 1 aliphatic carbocycles. The summed E-state index contributed by atoms with van der Waals surface area (Å²) in [5.41, 5.74) is 3.93. The maximum atomic E-state index is 14.0. The van der Waals surface area contributed by atoms with Crippen molar-refractivity contribution in [3.63, 3.8) is 0 Å². The van der Waals surface area contributed by atoms with Gasteiger partial charge in [-0.15, -0.1) is 0 Å². The van der Waals surface area contributed by atoms with Crippen molar-refractivity contribution >= 4 is 27.9 Å². The second-order valence-corrected chi connectivity index (χ2v) is 10.7. The number of nitrogens with zero attached hydrogens (tertiary/aromatic N) is 2. The van der Waals surface area contributed by atoms with Crippen LogP contribution >= 0.6 is 0 Å². The monoisotopic (exact) mass is 467 g/mol. The largest absolute Gasteiger partial charge is 0.380 e. The third kappa shape index (κ3) is 4.56. The summed E-state index contributed by atoms with van der Waals surface area (Å²) in [6.07, 6.45) is 7.94. The Labute approximate surface area is 209 Å². The fourth-order valence-electron chi connectivity index (χ4n) is 6.69. The lowest BCUT2D eigenvalue weighted by Crippen LogP contribution is -2.60. The Kier molecular flexibility index (Phi) is 6.47. The molecule has 3 aromatic carbocycles. The van der Waals surface area contributed by atoms with Crippen LogP contribution in [-0.2, 0) is 11.2 Å². The Morgan fingerprint density at radius 2 is 1.54 bits per heavy atom. The van der Waals surface area contributed by atoms with Crippen molar-refractivity contribution in [2.45, 2.75) is 57.0 Å². The number of nitrogens with one attached hydrogen (secondary N) is 1. The van der Waals surface area contributed by atoms with E-state index >= 15 is 0 Å². The molecule has 3 aromatic rings. The van der Waals surface area contributed by atoms with Crippen LogP contribution < -0.4 is 10.2 Å². The SMILES string of the molecule is O=C(C1CCCCC1)C(C1CCc2ccccc2N1)N1CCN(c2cccc3ccccc23)CC1. The smallest absolute Gasteiger partial charge is 0.155 e. The number of fused-ring (bicyclic) bond motifs is 2. The number of rotatable bonds is 5. The van der Waals surface area contributed by atoms with Crippen LogP contribution in [-0.4, -0.2) is 48.9 Å². The topological polar surface area (TPSA) is 35.6 Å². The third-order valence-corrected chi connectivity index (χ3v) is 8.58. The highest BCUT2D eigenvalue weighted by molar-refractivity contribution is 5.94. The number of piperazine rings is 1. The zero-order valence-electron chi connectivity index (χ0n) is 20.7. The number of anilines is 2. The Morgan fingerprint density at radius 1 is 0.800 bits per heavy atom. The predicted molar refractivity (Wildman–Crippen MR) is 145 cm³/mol. The molecule has 1 saturated heterocycles. The minimum atomic E-state index is -0.0267. The van der Waals surface area contributed by atoms with Gasteiger partial charge in [-0.2, -0.15) is 0 Å². The van der Waals surface area contributed by atoms with E-state index < -0.39 is 0 Å². The van der Waals surface area contributed by atoms with E-state index in [0.717, 1.165) is 51.9 Å². The normalized spacial score (nSPS) is 22.4. The van der Waals surface area contributed by atoms with Crippen molar-refractivity contribution in [1.29, 1.82) is 0 Å². The summed E-state index contributed by atoms with van der Waals surface area (Å²) >= 11 is 0. The lowest BCUT2D eigenvalue weighted by atomic mass is 9.80. The van der Waals surface area contributed by atoms with Crippen molar-refractivity contribution in [3.05, 3.63) is 72.3 Å². The maximum Gasteiger partial charge on any atom is 0.155 e. The van der Waals surface area contributed by atoms with Gasteiger partial charge in [-0.3, -0.25) is 9.69 Å². The van der Waals surface area contributed by atoms with Crippen molar-refractivity contribution in [1.82, 2.24) is 4.90 Å². The fraction of sp³-hybridized carbons (Fsp3) is 0.452. The number of carbonyl (C=O) groups is 1. The molecular weight excluding hydrogens is 430 g/mol. The second-order valence-electron chi connectivity index (χ2n) is 10.7. The Bertz CT molecular complexity index is 1170. The van der Waals surface area contributed by atoms with Crippen LogP contribution in [0.3, 0.4) is 0 Å². The van der Waals surface area contributed by atoms with Crippen molar-refractivity contribution < 1.29 is 4.79 Å². The first-order valence-electron chi connectivity index (χ1n) is 13.6. The zero-order valence-corrected chi connectivity index (χ0v) is 20.7. The summed E-state index contributed by atoms with van der Waals surface area (Å²) < 4.78 is 0. The molecule has 0 bridgehead atoms. The van der Waals surface area contributed by atoms with Gasteiger partial charge in [-0.05, 0) is 48.8 Å². The van der Waals surface area contributed by atoms with E-state index in [1.807, 2.05) is 0 Å². The van der Waals surface area contributed by atoms with E-state index in [0.29, 0.717) is 5.78 Å². The van der Waals surface area contributed by atoms with Crippen LogP contribution in [0.5, 0.6) is 0 Å². The van der Waals surface area contributed by atoms with Crippen molar-refractivity contribution in [3.8, 4) is 0 Å². The van der Waals surface area contributed by atoms with Gasteiger partial charge in [0.2, 0.25) is 0 Å². The van der Waals surface area contributed by atoms with E-state index in [2.05, 4.69) is 81.8 Å². The van der Waals surface area contributed by atoms with Crippen LogP contribution in [0.15, 0.2) is 66.7 Å². The molecule has 182 valence electrons. The highest BCUT2D eigenvalue weighted by Crippen LogP contribution is 2.33. The minimum absolute atomic E-state index is 0.0267. The van der Waals surface area contributed by atoms with Gasteiger partial charge in [0.1, 0.15) is 0 Å². The molecule has 2 aliphatic heterocycles. The Balaban J connectivity index is 1.23. The summed E-state index contributed by atoms with van der Waals surface area (Å²) in [5, 5.41) is 6.42. The van der Waals surface area contributed by atoms with Gasteiger partial charge in [0.25, 0.3) is 0 Å². The van der Waals surface area contributed by atoms with E-state index in [1.54, 1.807) is 0 Å². The molecule has 4 heteroatoms. The summed E-state index contributed by atoms with van der Waals surface area (Å²) in [6.45, 7) is 3.80. The summed E-state index contributed by atoms with van der Waals surface area (Å²) in [6, 6.07) is 24.1. The van der Waals surface area contributed by atoms with E-state index in [4.69, 9.17) is 0 Å². The fourth-order valence-corrected chi connectivity index (χ4v) is 6.69. The zero-order chi connectivity index (χ0) is 23.6. The van der Waals surface area contributed by atoms with Gasteiger partial charge >= 0.3 is 0 Å². The van der Waals surface area contributed by atoms with E-state index in [-0.39, 0.29) is 18.0 Å². The first-order valence-corrected chi connectivity index (χ1v) is 13.6. The first-order chi connectivity index (χ1) is 17.3. The number of aryl methyl sites for hydroxylation is 1. The van der Waals surface area contributed by atoms with Crippen molar-refractivity contribution in [2.75, 3.05) is 36.4 Å². The molecule has 1 saturated carbocycles. The van der Waals surface area contributed by atoms with Crippen LogP contribution in [0.25, 0.3) is 10.8 Å². The molecule has 0 amide bonds. The molecular formula is C31H37N3O. The number of ketones is 1.